The van der Waals surface area contributed by atoms with E-state index in [-0.39, 0.29) is 23.7 Å². The first kappa shape index (κ1) is 30.9. The molecule has 4 aromatic rings. The number of carbonyl (C=O) groups excluding carboxylic acids is 1. The third-order valence-corrected chi connectivity index (χ3v) is 8.51. The van der Waals surface area contributed by atoms with Crippen LogP contribution in [0.4, 0.5) is 41.3 Å². The molecule has 1 fully saturated rings. The van der Waals surface area contributed by atoms with Crippen LogP contribution in [-0.2, 0) is 12.7 Å². The Labute approximate surface area is 259 Å². The molecular formula is C29H30BrF3N8OS. The summed E-state index contributed by atoms with van der Waals surface area (Å²) in [5.74, 6) is 0.780. The quantitative estimate of drug-likeness (QED) is 0.187. The Morgan fingerprint density at radius 1 is 1.02 bits per heavy atom. The number of para-hydroxylation sites is 1. The summed E-state index contributed by atoms with van der Waals surface area (Å²) < 4.78 is 42.9. The normalized spacial score (nSPS) is 14.5. The number of likely N-dealkylation sites (N-methyl/N-ethyl adjacent to an activating group) is 1. The molecule has 0 radical (unpaired) electrons. The van der Waals surface area contributed by atoms with Crippen molar-refractivity contribution in [1.29, 1.82) is 0 Å². The van der Waals surface area contributed by atoms with Gasteiger partial charge in [0.1, 0.15) is 22.3 Å². The number of hydrogen-bond acceptors (Lipinski definition) is 9. The first-order valence-electron chi connectivity index (χ1n) is 13.5. The summed E-state index contributed by atoms with van der Waals surface area (Å²) in [4.78, 5) is 30.4. The second-order valence-corrected chi connectivity index (χ2v) is 12.2. The van der Waals surface area contributed by atoms with Crippen LogP contribution in [-0.4, -0.2) is 63.9 Å². The summed E-state index contributed by atoms with van der Waals surface area (Å²) in [6, 6.07) is 11.5. The zero-order valence-electron chi connectivity index (χ0n) is 23.7. The van der Waals surface area contributed by atoms with Crippen molar-refractivity contribution in [2.45, 2.75) is 26.6 Å². The van der Waals surface area contributed by atoms with Crippen molar-refractivity contribution in [2.24, 2.45) is 0 Å². The Kier molecular flexibility index (Phi) is 9.30. The molecule has 0 unspecified atom stereocenters. The molecule has 14 heteroatoms. The van der Waals surface area contributed by atoms with E-state index in [0.717, 1.165) is 53.6 Å². The number of piperazine rings is 1. The van der Waals surface area contributed by atoms with Crippen LogP contribution in [0.5, 0.6) is 0 Å². The van der Waals surface area contributed by atoms with Gasteiger partial charge in [-0.05, 0) is 66.2 Å². The van der Waals surface area contributed by atoms with Gasteiger partial charge in [0, 0.05) is 49.0 Å². The Balaban J connectivity index is 1.29. The van der Waals surface area contributed by atoms with Crippen LogP contribution in [0.15, 0.2) is 53.1 Å². The summed E-state index contributed by atoms with van der Waals surface area (Å²) in [5.41, 5.74) is 1.41. The van der Waals surface area contributed by atoms with Gasteiger partial charge in [0.05, 0.1) is 17.4 Å². The third-order valence-electron chi connectivity index (χ3n) is 6.94. The molecule has 1 aliphatic rings. The fourth-order valence-electron chi connectivity index (χ4n) is 4.66. The largest absolute Gasteiger partial charge is 0.416 e. The van der Waals surface area contributed by atoms with Crippen molar-refractivity contribution in [1.82, 2.24) is 24.8 Å². The molecule has 0 bridgehead atoms. The van der Waals surface area contributed by atoms with Crippen molar-refractivity contribution in [3.05, 3.63) is 80.5 Å². The summed E-state index contributed by atoms with van der Waals surface area (Å²) in [5, 5.41) is 9.37. The van der Waals surface area contributed by atoms with Gasteiger partial charge in [-0.15, -0.1) is 0 Å². The Morgan fingerprint density at radius 3 is 2.44 bits per heavy atom. The number of anilines is 5. The van der Waals surface area contributed by atoms with E-state index in [1.807, 2.05) is 37.1 Å². The number of nitrogens with zero attached hydrogens (tertiary/aromatic N) is 5. The lowest BCUT2D eigenvalue weighted by atomic mass is 10.0. The molecule has 0 saturated carbocycles. The number of halogens is 4. The molecule has 1 saturated heterocycles. The van der Waals surface area contributed by atoms with Gasteiger partial charge in [0.2, 0.25) is 0 Å². The topological polar surface area (TPSA) is 98.3 Å². The summed E-state index contributed by atoms with van der Waals surface area (Å²) in [6.07, 6.45) is -3.04. The van der Waals surface area contributed by atoms with E-state index in [1.165, 1.54) is 12.3 Å². The van der Waals surface area contributed by atoms with Crippen molar-refractivity contribution >= 4 is 61.3 Å². The molecule has 3 heterocycles. The van der Waals surface area contributed by atoms with Crippen LogP contribution in [0.25, 0.3) is 0 Å². The maximum absolute atomic E-state index is 14.0. The van der Waals surface area contributed by atoms with E-state index >= 15 is 0 Å². The number of hydrogen-bond donors (Lipinski definition) is 3. The summed E-state index contributed by atoms with van der Waals surface area (Å²) >= 11 is 4.60. The molecule has 2 aromatic heterocycles. The van der Waals surface area contributed by atoms with Gasteiger partial charge in [0.25, 0.3) is 5.91 Å². The fourth-order valence-corrected chi connectivity index (χ4v) is 5.94. The Hall–Kier alpha value is -3.59. The first-order chi connectivity index (χ1) is 20.4. The second-order valence-electron chi connectivity index (χ2n) is 10.3. The van der Waals surface area contributed by atoms with Crippen molar-refractivity contribution in [3.8, 4) is 0 Å². The number of thiazole rings is 1. The molecule has 0 aliphatic carbocycles. The van der Waals surface area contributed by atoms with Crippen molar-refractivity contribution in [2.75, 3.05) is 49.2 Å². The average molecular weight is 676 g/mol. The lowest BCUT2D eigenvalue weighted by molar-refractivity contribution is -0.138. The smallest absolute Gasteiger partial charge is 0.340 e. The number of amides is 1. The molecule has 226 valence electrons. The first-order valence-corrected chi connectivity index (χ1v) is 15.1. The highest BCUT2D eigenvalue weighted by Gasteiger charge is 2.34. The number of benzene rings is 2. The monoisotopic (exact) mass is 674 g/mol. The van der Waals surface area contributed by atoms with E-state index in [2.05, 4.69) is 51.7 Å². The predicted molar refractivity (Wildman–Crippen MR) is 166 cm³/mol. The van der Waals surface area contributed by atoms with Gasteiger partial charge in [-0.3, -0.25) is 9.69 Å². The zero-order valence-corrected chi connectivity index (χ0v) is 26.1. The SMILES string of the molecule is Cc1nc(Nc2ccc(CN3CCN(C)CC3)c(C(F)(F)F)c2)cc(Nc2ncc(C(=O)Nc3c(C)cccc3Br)s2)n1. The number of rotatable bonds is 8. The minimum atomic E-state index is -4.50. The maximum Gasteiger partial charge on any atom is 0.416 e. The molecule has 43 heavy (non-hydrogen) atoms. The molecule has 0 spiro atoms. The number of aryl methyl sites for hydroxylation is 2. The summed E-state index contributed by atoms with van der Waals surface area (Å²) in [7, 11) is 2.01. The maximum atomic E-state index is 14.0. The Bertz CT molecular complexity index is 1600. The Morgan fingerprint density at radius 2 is 1.74 bits per heavy atom. The lowest BCUT2D eigenvalue weighted by Crippen LogP contribution is -2.44. The molecule has 9 nitrogen and oxygen atoms in total. The third kappa shape index (κ3) is 7.88. The van der Waals surface area contributed by atoms with E-state index in [9.17, 15) is 18.0 Å². The highest BCUT2D eigenvalue weighted by Crippen LogP contribution is 2.35. The van der Waals surface area contributed by atoms with Gasteiger partial charge in [0.15, 0.2) is 5.13 Å². The fraction of sp³-hybridized carbons (Fsp3) is 0.310. The van der Waals surface area contributed by atoms with Crippen LogP contribution in [0.2, 0.25) is 0 Å². The highest BCUT2D eigenvalue weighted by atomic mass is 79.9. The van der Waals surface area contributed by atoms with Crippen LogP contribution >= 0.6 is 27.3 Å². The number of nitrogens with one attached hydrogen (secondary N) is 3. The van der Waals surface area contributed by atoms with Crippen molar-refractivity contribution in [3.63, 3.8) is 0 Å². The standard InChI is InChI=1S/C29H30BrF3N8OS/c1-17-5-4-6-22(30)26(17)39-27(42)23-15-34-28(43-23)38-25-14-24(35-18(2)36-25)37-20-8-7-19(21(13-20)29(31,32)33)16-41-11-9-40(3)10-12-41/h4-8,13-15H,9-12,16H2,1-3H3,(H,39,42)(H2,34,35,36,37,38). The van der Waals surface area contributed by atoms with E-state index in [1.54, 1.807) is 19.1 Å². The van der Waals surface area contributed by atoms with Crippen LogP contribution in [0.1, 0.15) is 32.2 Å². The number of alkyl halides is 3. The van der Waals surface area contributed by atoms with E-state index in [0.29, 0.717) is 33.2 Å². The molecule has 0 atom stereocenters. The molecule has 3 N–H and O–H groups in total. The molecule has 1 amide bonds. The van der Waals surface area contributed by atoms with Crippen LogP contribution < -0.4 is 16.0 Å². The van der Waals surface area contributed by atoms with Gasteiger partial charge < -0.3 is 20.9 Å². The minimum absolute atomic E-state index is 0.236. The molecule has 5 rings (SSSR count). The zero-order chi connectivity index (χ0) is 30.7. The van der Waals surface area contributed by atoms with Gasteiger partial charge in [-0.1, -0.05) is 29.5 Å². The van der Waals surface area contributed by atoms with Gasteiger partial charge in [-0.25, -0.2) is 15.0 Å². The lowest BCUT2D eigenvalue weighted by Gasteiger charge is -2.33. The number of carbonyl (C=O) groups is 1. The predicted octanol–water partition coefficient (Wildman–Crippen LogP) is 6.82. The molecular weight excluding hydrogens is 645 g/mol. The van der Waals surface area contributed by atoms with Crippen molar-refractivity contribution < 1.29 is 18.0 Å². The molecule has 2 aromatic carbocycles. The highest BCUT2D eigenvalue weighted by molar-refractivity contribution is 9.10. The minimum Gasteiger partial charge on any atom is -0.340 e. The van der Waals surface area contributed by atoms with E-state index < -0.39 is 11.7 Å². The van der Waals surface area contributed by atoms with E-state index in [4.69, 9.17) is 0 Å². The average Bonchev–Trinajstić information content (AvgIpc) is 3.40. The second kappa shape index (κ2) is 13.0. The number of aromatic nitrogens is 3. The summed E-state index contributed by atoms with van der Waals surface area (Å²) in [6.45, 7) is 6.91. The molecule has 1 aliphatic heterocycles. The van der Waals surface area contributed by atoms with Crippen LogP contribution in [0.3, 0.4) is 0 Å². The van der Waals surface area contributed by atoms with Gasteiger partial charge >= 0.3 is 6.18 Å². The van der Waals surface area contributed by atoms with Gasteiger partial charge in [-0.2, -0.15) is 13.2 Å². The van der Waals surface area contributed by atoms with Crippen LogP contribution in [0, 0.1) is 13.8 Å².